The van der Waals surface area contributed by atoms with Crippen molar-refractivity contribution in [2.24, 2.45) is 0 Å². The minimum absolute atomic E-state index is 0.0672. The van der Waals surface area contributed by atoms with E-state index < -0.39 is 30.4 Å². The molecule has 31 heavy (non-hydrogen) atoms. The van der Waals surface area contributed by atoms with E-state index in [0.717, 1.165) is 11.1 Å². The summed E-state index contributed by atoms with van der Waals surface area (Å²) in [5, 5.41) is 5.57. The lowest BCUT2D eigenvalue weighted by atomic mass is 10.1. The van der Waals surface area contributed by atoms with Gasteiger partial charge in [0.1, 0.15) is 6.04 Å². The summed E-state index contributed by atoms with van der Waals surface area (Å²) in [5.41, 5.74) is 2.19. The minimum atomic E-state index is -1.00. The fraction of sp³-hybridized carbons (Fsp3) is 0.174. The van der Waals surface area contributed by atoms with E-state index in [1.807, 2.05) is 37.3 Å². The predicted molar refractivity (Wildman–Crippen MR) is 116 cm³/mol. The summed E-state index contributed by atoms with van der Waals surface area (Å²) >= 11 is 6.10. The third-order valence-electron chi connectivity index (χ3n) is 4.36. The second-order valence-electron chi connectivity index (χ2n) is 6.83. The van der Waals surface area contributed by atoms with E-state index in [0.29, 0.717) is 10.7 Å². The van der Waals surface area contributed by atoms with Crippen LogP contribution in [0.2, 0.25) is 5.02 Å². The quantitative estimate of drug-likeness (QED) is 0.520. The van der Waals surface area contributed by atoms with E-state index in [1.165, 1.54) is 12.3 Å². The molecule has 0 fully saturated rings. The fourth-order valence-electron chi connectivity index (χ4n) is 2.83. The van der Waals surface area contributed by atoms with Crippen LogP contribution in [-0.4, -0.2) is 30.4 Å². The molecule has 0 aliphatic carbocycles. The van der Waals surface area contributed by atoms with Gasteiger partial charge in [-0.3, -0.25) is 9.59 Å². The number of aryl methyl sites for hydroxylation is 1. The van der Waals surface area contributed by atoms with Gasteiger partial charge in [-0.1, -0.05) is 48.0 Å². The molecule has 3 aromatic rings. The molecule has 1 unspecified atom stereocenters. The Morgan fingerprint density at radius 2 is 1.84 bits per heavy atom. The molecular weight excluding hydrogens is 420 g/mol. The number of rotatable bonds is 8. The first kappa shape index (κ1) is 22.1. The molecule has 0 aliphatic rings. The summed E-state index contributed by atoms with van der Waals surface area (Å²) in [5.74, 6) is -1.78. The highest BCUT2D eigenvalue weighted by atomic mass is 35.5. The molecule has 8 heteroatoms. The van der Waals surface area contributed by atoms with Crippen LogP contribution < -0.4 is 10.6 Å². The molecule has 7 nitrogen and oxygen atoms in total. The number of carbonyl (C=O) groups excluding carboxylic acids is 3. The summed E-state index contributed by atoms with van der Waals surface area (Å²) in [6.45, 7) is 1.36. The molecule has 0 saturated heterocycles. The van der Waals surface area contributed by atoms with Gasteiger partial charge in [0.2, 0.25) is 0 Å². The average Bonchev–Trinajstić information content (AvgIpc) is 3.29. The van der Waals surface area contributed by atoms with E-state index in [9.17, 15) is 14.4 Å². The zero-order chi connectivity index (χ0) is 22.2. The van der Waals surface area contributed by atoms with E-state index in [1.54, 1.807) is 24.3 Å². The standard InChI is InChI=1S/C23H21ClN2O5/c1-15-9-10-18(17(24)12-15)25-21(27)14-31-23(29)19(13-16-6-3-2-4-7-16)26-22(28)20-8-5-11-30-20/h2-12,19H,13-14H2,1H3,(H,25,27)(H,26,28). The van der Waals surface area contributed by atoms with Gasteiger partial charge in [0.05, 0.1) is 17.0 Å². The van der Waals surface area contributed by atoms with Crippen LogP contribution in [0.25, 0.3) is 0 Å². The second-order valence-corrected chi connectivity index (χ2v) is 7.24. The van der Waals surface area contributed by atoms with Crippen molar-refractivity contribution < 1.29 is 23.5 Å². The molecule has 0 radical (unpaired) electrons. The smallest absolute Gasteiger partial charge is 0.329 e. The monoisotopic (exact) mass is 440 g/mol. The number of amides is 2. The third-order valence-corrected chi connectivity index (χ3v) is 4.67. The highest BCUT2D eigenvalue weighted by Gasteiger charge is 2.25. The van der Waals surface area contributed by atoms with Crippen LogP contribution in [0.5, 0.6) is 0 Å². The molecule has 1 heterocycles. The molecular formula is C23H21ClN2O5. The predicted octanol–water partition coefficient (Wildman–Crippen LogP) is 3.76. The van der Waals surface area contributed by atoms with Gasteiger partial charge in [0.25, 0.3) is 11.8 Å². The van der Waals surface area contributed by atoms with Crippen LogP contribution in [0, 0.1) is 6.92 Å². The summed E-state index contributed by atoms with van der Waals surface area (Å²) in [4.78, 5) is 37.2. The van der Waals surface area contributed by atoms with E-state index in [-0.39, 0.29) is 12.2 Å². The molecule has 0 saturated carbocycles. The van der Waals surface area contributed by atoms with Crippen molar-refractivity contribution in [2.45, 2.75) is 19.4 Å². The Morgan fingerprint density at radius 1 is 1.06 bits per heavy atom. The van der Waals surface area contributed by atoms with Crippen molar-refractivity contribution in [3.05, 3.63) is 88.8 Å². The topological polar surface area (TPSA) is 97.6 Å². The van der Waals surface area contributed by atoms with Crippen LogP contribution in [0.3, 0.4) is 0 Å². The van der Waals surface area contributed by atoms with Crippen molar-refractivity contribution in [3.63, 3.8) is 0 Å². The first-order valence-corrected chi connectivity index (χ1v) is 9.91. The summed E-state index contributed by atoms with van der Waals surface area (Å²) < 4.78 is 10.2. The Bertz CT molecular complexity index is 1050. The Hall–Kier alpha value is -3.58. The highest BCUT2D eigenvalue weighted by Crippen LogP contribution is 2.22. The Balaban J connectivity index is 1.62. The first-order chi connectivity index (χ1) is 14.9. The lowest BCUT2D eigenvalue weighted by molar-refractivity contribution is -0.149. The van der Waals surface area contributed by atoms with Gasteiger partial charge < -0.3 is 19.8 Å². The molecule has 1 atom stereocenters. The van der Waals surface area contributed by atoms with Crippen LogP contribution in [0.4, 0.5) is 5.69 Å². The summed E-state index contributed by atoms with van der Waals surface area (Å²) in [6.07, 6.45) is 1.55. The van der Waals surface area contributed by atoms with Crippen molar-refractivity contribution in [1.82, 2.24) is 5.32 Å². The maximum atomic E-state index is 12.6. The molecule has 1 aromatic heterocycles. The lowest BCUT2D eigenvalue weighted by Gasteiger charge is -2.17. The Labute approximate surface area is 184 Å². The van der Waals surface area contributed by atoms with Gasteiger partial charge in [0, 0.05) is 6.42 Å². The molecule has 2 aromatic carbocycles. The van der Waals surface area contributed by atoms with Gasteiger partial charge in [0.15, 0.2) is 12.4 Å². The highest BCUT2D eigenvalue weighted by molar-refractivity contribution is 6.33. The van der Waals surface area contributed by atoms with E-state index in [2.05, 4.69) is 10.6 Å². The number of esters is 1. The summed E-state index contributed by atoms with van der Waals surface area (Å²) in [7, 11) is 0. The Morgan fingerprint density at radius 3 is 2.52 bits per heavy atom. The van der Waals surface area contributed by atoms with Crippen LogP contribution in [0.1, 0.15) is 21.7 Å². The SMILES string of the molecule is Cc1ccc(NC(=O)COC(=O)C(Cc2ccccc2)NC(=O)c2ccco2)c(Cl)c1. The third kappa shape index (κ3) is 6.45. The number of ether oxygens (including phenoxy) is 1. The van der Waals surface area contributed by atoms with E-state index >= 15 is 0 Å². The van der Waals surface area contributed by atoms with Gasteiger partial charge in [-0.05, 0) is 42.3 Å². The van der Waals surface area contributed by atoms with Gasteiger partial charge >= 0.3 is 5.97 Å². The van der Waals surface area contributed by atoms with Crippen LogP contribution >= 0.6 is 11.6 Å². The molecule has 0 aliphatic heterocycles. The molecule has 3 rings (SSSR count). The number of furan rings is 1. The zero-order valence-electron chi connectivity index (χ0n) is 16.8. The van der Waals surface area contributed by atoms with Crippen molar-refractivity contribution in [1.29, 1.82) is 0 Å². The number of carbonyl (C=O) groups is 3. The molecule has 0 spiro atoms. The average molecular weight is 441 g/mol. The van der Waals surface area contributed by atoms with Crippen molar-refractivity contribution in [3.8, 4) is 0 Å². The second kappa shape index (κ2) is 10.4. The minimum Gasteiger partial charge on any atom is -0.459 e. The largest absolute Gasteiger partial charge is 0.459 e. The van der Waals surface area contributed by atoms with Crippen molar-refractivity contribution >= 4 is 35.1 Å². The molecule has 160 valence electrons. The Kier molecular flexibility index (Phi) is 7.45. The number of halogens is 1. The lowest BCUT2D eigenvalue weighted by Crippen LogP contribution is -2.44. The fourth-order valence-corrected chi connectivity index (χ4v) is 3.11. The van der Waals surface area contributed by atoms with E-state index in [4.69, 9.17) is 20.8 Å². The zero-order valence-corrected chi connectivity index (χ0v) is 17.5. The number of hydrogen-bond acceptors (Lipinski definition) is 5. The van der Waals surface area contributed by atoms with Crippen LogP contribution in [0.15, 0.2) is 71.3 Å². The van der Waals surface area contributed by atoms with Crippen LogP contribution in [-0.2, 0) is 20.7 Å². The maximum absolute atomic E-state index is 12.6. The number of benzene rings is 2. The number of nitrogens with one attached hydrogen (secondary N) is 2. The molecule has 2 N–H and O–H groups in total. The normalized spacial score (nSPS) is 11.4. The summed E-state index contributed by atoms with van der Waals surface area (Å²) in [6, 6.07) is 16.4. The van der Waals surface area contributed by atoms with Gasteiger partial charge in [-0.25, -0.2) is 4.79 Å². The number of hydrogen-bond donors (Lipinski definition) is 2. The molecule has 0 bridgehead atoms. The molecule has 2 amide bonds. The number of anilines is 1. The van der Waals surface area contributed by atoms with Gasteiger partial charge in [-0.2, -0.15) is 0 Å². The first-order valence-electron chi connectivity index (χ1n) is 9.53. The van der Waals surface area contributed by atoms with Crippen molar-refractivity contribution in [2.75, 3.05) is 11.9 Å². The maximum Gasteiger partial charge on any atom is 0.329 e. The van der Waals surface area contributed by atoms with Gasteiger partial charge in [-0.15, -0.1) is 0 Å².